The quantitative estimate of drug-likeness (QED) is 0.455. The zero-order chi connectivity index (χ0) is 23.8. The number of anilines is 1. The fraction of sp³-hybridized carbons (Fsp3) is 0.208. The number of thiophene rings is 1. The molecule has 172 valence electrons. The first-order chi connectivity index (χ1) is 15.9. The third kappa shape index (κ3) is 6.84. The number of esters is 2. The smallest absolute Gasteiger partial charge is 0.350 e. The first-order valence-corrected chi connectivity index (χ1v) is 12.6. The molecular formula is C24H23NO6S2. The van der Waals surface area contributed by atoms with Gasteiger partial charge in [-0.1, -0.05) is 42.5 Å². The first-order valence-electron chi connectivity index (χ1n) is 10.1. The van der Waals surface area contributed by atoms with Crippen LogP contribution in [-0.2, 0) is 30.8 Å². The summed E-state index contributed by atoms with van der Waals surface area (Å²) < 4.78 is 21.6. The monoisotopic (exact) mass is 485 g/mol. The summed E-state index contributed by atoms with van der Waals surface area (Å²) in [6.45, 7) is 1.38. The molecule has 0 bridgehead atoms. The van der Waals surface area contributed by atoms with Crippen LogP contribution >= 0.6 is 11.3 Å². The first kappa shape index (κ1) is 24.3. The molecule has 0 aliphatic carbocycles. The zero-order valence-electron chi connectivity index (χ0n) is 18.2. The molecule has 0 spiro atoms. The fourth-order valence-electron chi connectivity index (χ4n) is 3.00. The molecule has 0 aliphatic rings. The lowest BCUT2D eigenvalue weighted by Crippen LogP contribution is -2.21. The predicted octanol–water partition coefficient (Wildman–Crippen LogP) is 4.27. The van der Waals surface area contributed by atoms with E-state index >= 15 is 0 Å². The van der Waals surface area contributed by atoms with E-state index in [0.29, 0.717) is 11.4 Å². The average molecular weight is 486 g/mol. The number of hydrogen-bond donors (Lipinski definition) is 1. The average Bonchev–Trinajstić information content (AvgIpc) is 3.22. The van der Waals surface area contributed by atoms with Crippen molar-refractivity contribution in [2.24, 2.45) is 0 Å². The van der Waals surface area contributed by atoms with Crippen molar-refractivity contribution >= 4 is 45.7 Å². The van der Waals surface area contributed by atoms with Crippen molar-refractivity contribution in [2.75, 3.05) is 24.8 Å². The van der Waals surface area contributed by atoms with Crippen LogP contribution in [0.3, 0.4) is 0 Å². The molecule has 1 amide bonds. The van der Waals surface area contributed by atoms with Gasteiger partial charge in [0.05, 0.1) is 17.9 Å². The van der Waals surface area contributed by atoms with Gasteiger partial charge in [0.15, 0.2) is 6.61 Å². The summed E-state index contributed by atoms with van der Waals surface area (Å²) >= 11 is 1.21. The third-order valence-corrected chi connectivity index (χ3v) is 6.30. The van der Waals surface area contributed by atoms with Crippen molar-refractivity contribution in [2.45, 2.75) is 12.7 Å². The molecule has 0 saturated heterocycles. The SMILES string of the molecule is CCOC(=O)c1sc(-c2ccccc2)cc1NC(=O)COC(=O)c1cccc(C[S@@](C)=O)c1. The molecular weight excluding hydrogens is 462 g/mol. The second-order valence-corrected chi connectivity index (χ2v) is 9.47. The summed E-state index contributed by atoms with van der Waals surface area (Å²) in [6, 6.07) is 17.7. The maximum Gasteiger partial charge on any atom is 0.350 e. The zero-order valence-corrected chi connectivity index (χ0v) is 19.8. The lowest BCUT2D eigenvalue weighted by Gasteiger charge is -2.08. The van der Waals surface area contributed by atoms with E-state index in [1.54, 1.807) is 43.5 Å². The molecule has 7 nitrogen and oxygen atoms in total. The molecule has 1 heterocycles. The normalized spacial score (nSPS) is 11.5. The largest absolute Gasteiger partial charge is 0.462 e. The van der Waals surface area contributed by atoms with E-state index < -0.39 is 35.3 Å². The molecule has 3 aromatic rings. The molecule has 0 unspecified atom stereocenters. The minimum Gasteiger partial charge on any atom is -0.462 e. The van der Waals surface area contributed by atoms with Crippen molar-refractivity contribution in [3.63, 3.8) is 0 Å². The van der Waals surface area contributed by atoms with E-state index in [2.05, 4.69) is 5.32 Å². The van der Waals surface area contributed by atoms with Gasteiger partial charge in [-0.2, -0.15) is 0 Å². The van der Waals surface area contributed by atoms with Crippen molar-refractivity contribution < 1.29 is 28.1 Å². The maximum atomic E-state index is 12.5. The van der Waals surface area contributed by atoms with Crippen LogP contribution in [0.25, 0.3) is 10.4 Å². The van der Waals surface area contributed by atoms with Gasteiger partial charge < -0.3 is 14.8 Å². The Hall–Kier alpha value is -3.30. The van der Waals surface area contributed by atoms with Crippen LogP contribution in [0.15, 0.2) is 60.7 Å². The Bertz CT molecular complexity index is 1170. The summed E-state index contributed by atoms with van der Waals surface area (Å²) in [6.07, 6.45) is 1.58. The van der Waals surface area contributed by atoms with Crippen LogP contribution in [0.5, 0.6) is 0 Å². The van der Waals surface area contributed by atoms with Crippen molar-refractivity contribution in [1.82, 2.24) is 0 Å². The molecule has 0 aliphatic heterocycles. The van der Waals surface area contributed by atoms with E-state index in [-0.39, 0.29) is 17.0 Å². The molecule has 2 aromatic carbocycles. The second-order valence-electron chi connectivity index (χ2n) is 6.98. The van der Waals surface area contributed by atoms with E-state index in [9.17, 15) is 18.6 Å². The van der Waals surface area contributed by atoms with Gasteiger partial charge in [0.1, 0.15) is 4.88 Å². The molecule has 1 atom stereocenters. The van der Waals surface area contributed by atoms with Gasteiger partial charge in [-0.15, -0.1) is 11.3 Å². The highest BCUT2D eigenvalue weighted by molar-refractivity contribution is 7.83. The van der Waals surface area contributed by atoms with Crippen molar-refractivity contribution in [3.8, 4) is 10.4 Å². The lowest BCUT2D eigenvalue weighted by molar-refractivity contribution is -0.119. The Morgan fingerprint density at radius 1 is 0.970 bits per heavy atom. The molecule has 33 heavy (non-hydrogen) atoms. The summed E-state index contributed by atoms with van der Waals surface area (Å²) in [7, 11) is -1.04. The predicted molar refractivity (Wildman–Crippen MR) is 129 cm³/mol. The van der Waals surface area contributed by atoms with Gasteiger partial charge in [-0.05, 0) is 36.2 Å². The van der Waals surface area contributed by atoms with Crippen LogP contribution in [0.4, 0.5) is 5.69 Å². The highest BCUT2D eigenvalue weighted by atomic mass is 32.2. The topological polar surface area (TPSA) is 98.8 Å². The Kier molecular flexibility index (Phi) is 8.51. The summed E-state index contributed by atoms with van der Waals surface area (Å²) in [5.41, 5.74) is 2.19. The standard InChI is InChI=1S/C24H23NO6S2/c1-3-30-24(28)22-19(13-20(32-22)17-9-5-4-6-10-17)25-21(26)14-31-23(27)18-11-7-8-16(12-18)15-33(2)29/h4-13H,3,14-15H2,1-2H3,(H,25,26)/t33-/m1/s1. The fourth-order valence-corrected chi connectivity index (χ4v) is 4.66. The molecule has 0 saturated carbocycles. The number of hydrogen-bond acceptors (Lipinski definition) is 7. The Labute approximate surface area is 198 Å². The van der Waals surface area contributed by atoms with Crippen LogP contribution in [0, 0.1) is 0 Å². The molecule has 0 fully saturated rings. The van der Waals surface area contributed by atoms with Crippen LogP contribution in [-0.4, -0.2) is 41.5 Å². The van der Waals surface area contributed by atoms with Crippen LogP contribution in [0.2, 0.25) is 0 Å². The van der Waals surface area contributed by atoms with Gasteiger partial charge in [0, 0.05) is 27.7 Å². The Morgan fingerprint density at radius 2 is 1.73 bits per heavy atom. The lowest BCUT2D eigenvalue weighted by atomic mass is 10.1. The highest BCUT2D eigenvalue weighted by Crippen LogP contribution is 2.35. The maximum absolute atomic E-state index is 12.5. The third-order valence-electron chi connectivity index (χ3n) is 4.39. The molecule has 0 radical (unpaired) electrons. The van der Waals surface area contributed by atoms with Gasteiger partial charge >= 0.3 is 11.9 Å². The number of amides is 1. The number of rotatable bonds is 9. The Morgan fingerprint density at radius 3 is 2.42 bits per heavy atom. The number of nitrogens with one attached hydrogen (secondary N) is 1. The highest BCUT2D eigenvalue weighted by Gasteiger charge is 2.20. The molecule has 9 heteroatoms. The van der Waals surface area contributed by atoms with Gasteiger partial charge in [0.25, 0.3) is 5.91 Å². The molecule has 1 aromatic heterocycles. The summed E-state index contributed by atoms with van der Waals surface area (Å²) in [4.78, 5) is 38.2. The minimum atomic E-state index is -1.04. The van der Waals surface area contributed by atoms with E-state index in [1.807, 2.05) is 30.3 Å². The second kappa shape index (κ2) is 11.5. The van der Waals surface area contributed by atoms with E-state index in [0.717, 1.165) is 16.0 Å². The van der Waals surface area contributed by atoms with Gasteiger partial charge in [-0.3, -0.25) is 9.00 Å². The van der Waals surface area contributed by atoms with E-state index in [1.165, 1.54) is 11.3 Å². The summed E-state index contributed by atoms with van der Waals surface area (Å²) in [5.74, 6) is -1.48. The van der Waals surface area contributed by atoms with Crippen LogP contribution in [0.1, 0.15) is 32.5 Å². The van der Waals surface area contributed by atoms with Gasteiger partial charge in [-0.25, -0.2) is 9.59 Å². The minimum absolute atomic E-state index is 0.201. The van der Waals surface area contributed by atoms with E-state index in [4.69, 9.17) is 9.47 Å². The summed E-state index contributed by atoms with van der Waals surface area (Å²) in [5, 5.41) is 2.64. The number of ether oxygens (including phenoxy) is 2. The van der Waals surface area contributed by atoms with Crippen molar-refractivity contribution in [1.29, 1.82) is 0 Å². The van der Waals surface area contributed by atoms with Crippen LogP contribution < -0.4 is 5.32 Å². The molecule has 3 rings (SSSR count). The number of carbonyl (C=O) groups is 3. The number of carbonyl (C=O) groups excluding carboxylic acids is 3. The molecule has 1 N–H and O–H groups in total. The number of benzene rings is 2. The van der Waals surface area contributed by atoms with Crippen molar-refractivity contribution in [3.05, 3.63) is 76.7 Å². The van der Waals surface area contributed by atoms with Gasteiger partial charge in [0.2, 0.25) is 0 Å². The Balaban J connectivity index is 1.69.